The molecule has 0 spiro atoms. The first kappa shape index (κ1) is 10.9. The van der Waals surface area contributed by atoms with Gasteiger partial charge in [-0.05, 0) is 30.3 Å². The van der Waals surface area contributed by atoms with Gasteiger partial charge in [0, 0.05) is 24.3 Å². The fourth-order valence-electron chi connectivity index (χ4n) is 2.26. The zero-order valence-corrected chi connectivity index (χ0v) is 10.5. The lowest BCUT2D eigenvalue weighted by Gasteiger charge is -2.20. The summed E-state index contributed by atoms with van der Waals surface area (Å²) in [6.45, 7) is 1.68. The van der Waals surface area contributed by atoms with Crippen molar-refractivity contribution >= 4 is 11.3 Å². The lowest BCUT2D eigenvalue weighted by Crippen LogP contribution is -2.27. The third-order valence-electron chi connectivity index (χ3n) is 3.25. The summed E-state index contributed by atoms with van der Waals surface area (Å²) in [5, 5.41) is 6.67. The third kappa shape index (κ3) is 2.25. The molecule has 2 N–H and O–H groups in total. The second-order valence-corrected chi connectivity index (χ2v) is 5.56. The van der Waals surface area contributed by atoms with Crippen molar-refractivity contribution in [1.29, 1.82) is 0 Å². The van der Waals surface area contributed by atoms with Crippen molar-refractivity contribution in [3.63, 3.8) is 0 Å². The minimum atomic E-state index is 0.568. The van der Waals surface area contributed by atoms with Crippen molar-refractivity contribution in [1.82, 2.24) is 14.8 Å². The highest BCUT2D eigenvalue weighted by atomic mass is 32.1. The molecule has 90 valence electrons. The van der Waals surface area contributed by atoms with Gasteiger partial charge in [-0.2, -0.15) is 5.10 Å². The van der Waals surface area contributed by atoms with Gasteiger partial charge in [-0.15, -0.1) is 11.3 Å². The van der Waals surface area contributed by atoms with Gasteiger partial charge in [0.2, 0.25) is 0 Å². The lowest BCUT2D eigenvalue weighted by atomic mass is 10.0. The lowest BCUT2D eigenvalue weighted by molar-refractivity contribution is 0.349. The number of nitrogens with zero attached hydrogens (tertiary/aromatic N) is 3. The zero-order valence-electron chi connectivity index (χ0n) is 9.67. The maximum Gasteiger partial charge on any atom is 0.156 e. The van der Waals surface area contributed by atoms with E-state index in [2.05, 4.69) is 27.6 Å². The van der Waals surface area contributed by atoms with Crippen molar-refractivity contribution in [2.24, 2.45) is 11.7 Å². The normalized spacial score (nSPS) is 19.2. The van der Waals surface area contributed by atoms with Crippen LogP contribution in [0, 0.1) is 5.92 Å². The van der Waals surface area contributed by atoms with Gasteiger partial charge in [0.05, 0.1) is 0 Å². The summed E-state index contributed by atoms with van der Waals surface area (Å²) in [5.74, 6) is 2.64. The molecule has 3 rings (SSSR count). The number of nitrogens with two attached hydrogens (primary N) is 1. The number of aryl methyl sites for hydroxylation is 1. The van der Waals surface area contributed by atoms with Crippen molar-refractivity contribution < 1.29 is 0 Å². The van der Waals surface area contributed by atoms with Crippen LogP contribution in [0.5, 0.6) is 0 Å². The molecule has 0 saturated carbocycles. The Kier molecular flexibility index (Phi) is 2.94. The summed E-state index contributed by atoms with van der Waals surface area (Å²) < 4.78 is 2.05. The van der Waals surface area contributed by atoms with Crippen LogP contribution in [0.15, 0.2) is 17.5 Å². The van der Waals surface area contributed by atoms with E-state index in [1.807, 2.05) is 4.68 Å². The Morgan fingerprint density at radius 3 is 3.24 bits per heavy atom. The third-order valence-corrected chi connectivity index (χ3v) is 4.12. The molecule has 1 aliphatic heterocycles. The highest BCUT2D eigenvalue weighted by molar-refractivity contribution is 7.09. The first-order valence-electron chi connectivity index (χ1n) is 6.00. The van der Waals surface area contributed by atoms with E-state index in [-0.39, 0.29) is 0 Å². The van der Waals surface area contributed by atoms with Crippen LogP contribution in [0.3, 0.4) is 0 Å². The molecule has 4 nitrogen and oxygen atoms in total. The van der Waals surface area contributed by atoms with E-state index in [9.17, 15) is 0 Å². The van der Waals surface area contributed by atoms with Crippen molar-refractivity contribution in [2.45, 2.75) is 25.8 Å². The molecule has 17 heavy (non-hydrogen) atoms. The zero-order chi connectivity index (χ0) is 11.7. The molecule has 2 aromatic rings. The van der Waals surface area contributed by atoms with Crippen LogP contribution in [0.2, 0.25) is 0 Å². The Balaban J connectivity index is 1.78. The molecule has 0 fully saturated rings. The first-order valence-corrected chi connectivity index (χ1v) is 6.88. The fourth-order valence-corrected chi connectivity index (χ4v) is 2.96. The standard InChI is InChI=1S/C12H16N4S/c13-7-9-3-4-12-14-11(15-16(12)8-9)6-10-2-1-5-17-10/h1-2,5,9H,3-4,6-8,13H2. The summed E-state index contributed by atoms with van der Waals surface area (Å²) >= 11 is 1.76. The molecule has 1 aliphatic rings. The minimum absolute atomic E-state index is 0.568. The fraction of sp³-hybridized carbons (Fsp3) is 0.500. The number of hydrogen-bond donors (Lipinski definition) is 1. The molecule has 5 heteroatoms. The predicted octanol–water partition coefficient (Wildman–Crippen LogP) is 1.45. The van der Waals surface area contributed by atoms with Gasteiger partial charge < -0.3 is 5.73 Å². The van der Waals surface area contributed by atoms with Crippen LogP contribution in [-0.2, 0) is 19.4 Å². The van der Waals surface area contributed by atoms with Gasteiger partial charge in [-0.1, -0.05) is 6.07 Å². The number of thiophene rings is 1. The van der Waals surface area contributed by atoms with E-state index < -0.39 is 0 Å². The number of fused-ring (bicyclic) bond motifs is 1. The molecule has 0 aliphatic carbocycles. The molecular weight excluding hydrogens is 232 g/mol. The van der Waals surface area contributed by atoms with Crippen molar-refractivity contribution in [3.8, 4) is 0 Å². The van der Waals surface area contributed by atoms with E-state index in [0.717, 1.165) is 44.0 Å². The molecule has 0 radical (unpaired) electrons. The van der Waals surface area contributed by atoms with Gasteiger partial charge >= 0.3 is 0 Å². The molecule has 0 amide bonds. The van der Waals surface area contributed by atoms with Crippen LogP contribution in [0.4, 0.5) is 0 Å². The predicted molar refractivity (Wildman–Crippen MR) is 68.0 cm³/mol. The summed E-state index contributed by atoms with van der Waals surface area (Å²) in [6.07, 6.45) is 3.01. The second-order valence-electron chi connectivity index (χ2n) is 4.52. The SMILES string of the molecule is NCC1CCc2nc(Cc3cccs3)nn2C1. The minimum Gasteiger partial charge on any atom is -0.330 e. The highest BCUT2D eigenvalue weighted by Crippen LogP contribution is 2.19. The Labute approximate surface area is 104 Å². The maximum atomic E-state index is 5.72. The average molecular weight is 248 g/mol. The molecule has 1 atom stereocenters. The smallest absolute Gasteiger partial charge is 0.156 e. The quantitative estimate of drug-likeness (QED) is 0.894. The number of rotatable bonds is 3. The molecule has 2 aromatic heterocycles. The Bertz CT molecular complexity index is 489. The van der Waals surface area contributed by atoms with Crippen molar-refractivity contribution in [2.75, 3.05) is 6.54 Å². The van der Waals surface area contributed by atoms with Crippen LogP contribution < -0.4 is 5.73 Å². The molecular formula is C12H16N4S. The molecule has 0 aromatic carbocycles. The average Bonchev–Trinajstić information content (AvgIpc) is 2.96. The summed E-state index contributed by atoms with van der Waals surface area (Å²) in [7, 11) is 0. The van der Waals surface area contributed by atoms with E-state index in [1.165, 1.54) is 4.88 Å². The van der Waals surface area contributed by atoms with Crippen molar-refractivity contribution in [3.05, 3.63) is 34.0 Å². The van der Waals surface area contributed by atoms with E-state index in [0.29, 0.717) is 5.92 Å². The topological polar surface area (TPSA) is 56.7 Å². The first-order chi connectivity index (χ1) is 8.35. The van der Waals surface area contributed by atoms with Crippen LogP contribution >= 0.6 is 11.3 Å². The molecule has 1 unspecified atom stereocenters. The number of hydrogen-bond acceptors (Lipinski definition) is 4. The van der Waals surface area contributed by atoms with Crippen LogP contribution in [-0.4, -0.2) is 21.3 Å². The summed E-state index contributed by atoms with van der Waals surface area (Å²) in [5.41, 5.74) is 5.72. The monoisotopic (exact) mass is 248 g/mol. The molecule has 0 bridgehead atoms. The Morgan fingerprint density at radius 2 is 2.47 bits per heavy atom. The number of aromatic nitrogens is 3. The highest BCUT2D eigenvalue weighted by Gasteiger charge is 2.20. The Hall–Kier alpha value is -1.20. The van der Waals surface area contributed by atoms with Gasteiger partial charge in [0.15, 0.2) is 5.82 Å². The largest absolute Gasteiger partial charge is 0.330 e. The van der Waals surface area contributed by atoms with Crippen LogP contribution in [0.1, 0.15) is 22.9 Å². The van der Waals surface area contributed by atoms with Gasteiger partial charge in [0.25, 0.3) is 0 Å². The van der Waals surface area contributed by atoms with E-state index in [4.69, 9.17) is 5.73 Å². The van der Waals surface area contributed by atoms with Gasteiger partial charge in [0.1, 0.15) is 5.82 Å². The van der Waals surface area contributed by atoms with E-state index in [1.54, 1.807) is 11.3 Å². The molecule has 0 saturated heterocycles. The van der Waals surface area contributed by atoms with Gasteiger partial charge in [-0.25, -0.2) is 9.67 Å². The Morgan fingerprint density at radius 1 is 1.53 bits per heavy atom. The maximum absolute atomic E-state index is 5.72. The summed E-state index contributed by atoms with van der Waals surface area (Å²) in [6, 6.07) is 4.20. The summed E-state index contributed by atoms with van der Waals surface area (Å²) in [4.78, 5) is 5.93. The molecule has 3 heterocycles. The second kappa shape index (κ2) is 4.58. The van der Waals surface area contributed by atoms with Crippen LogP contribution in [0.25, 0.3) is 0 Å². The van der Waals surface area contributed by atoms with Gasteiger partial charge in [-0.3, -0.25) is 0 Å². The van der Waals surface area contributed by atoms with E-state index >= 15 is 0 Å².